The Morgan fingerprint density at radius 3 is 2.74 bits per heavy atom. The Hall–Kier alpha value is -2.41. The summed E-state index contributed by atoms with van der Waals surface area (Å²) < 4.78 is 16.5. The molecule has 0 saturated carbocycles. The van der Waals surface area contributed by atoms with Crippen LogP contribution in [0, 0.1) is 13.8 Å². The van der Waals surface area contributed by atoms with Gasteiger partial charge < -0.3 is 18.9 Å². The zero-order chi connectivity index (χ0) is 19.2. The summed E-state index contributed by atoms with van der Waals surface area (Å²) in [6, 6.07) is 5.61. The van der Waals surface area contributed by atoms with E-state index in [1.54, 1.807) is 13.2 Å². The first-order valence-electron chi connectivity index (χ1n) is 8.86. The predicted molar refractivity (Wildman–Crippen MR) is 106 cm³/mol. The highest BCUT2D eigenvalue weighted by molar-refractivity contribution is 7.99. The van der Waals surface area contributed by atoms with Gasteiger partial charge in [-0.05, 0) is 37.6 Å². The van der Waals surface area contributed by atoms with Gasteiger partial charge in [0.2, 0.25) is 5.91 Å². The van der Waals surface area contributed by atoms with Crippen molar-refractivity contribution in [2.75, 3.05) is 31.7 Å². The van der Waals surface area contributed by atoms with Gasteiger partial charge in [-0.1, -0.05) is 11.2 Å². The number of aromatic nitrogens is 1. The molecule has 2 heterocycles. The van der Waals surface area contributed by atoms with Crippen LogP contribution in [0.3, 0.4) is 0 Å². The standard InChI is InChI=1S/C20H24N2O4S/c1-14-17(15(2)26-21-14)13-25-18-6-4-16(12-19(18)24-3)5-7-20(23)22-8-10-27-11-9-22/h4-7,12H,8-11,13H2,1-3H3/b7-5+. The lowest BCUT2D eigenvalue weighted by Crippen LogP contribution is -2.36. The van der Waals surface area contributed by atoms with E-state index in [0.29, 0.717) is 18.1 Å². The molecule has 3 rings (SSSR count). The molecule has 0 radical (unpaired) electrons. The van der Waals surface area contributed by atoms with Crippen molar-refractivity contribution in [1.82, 2.24) is 10.1 Å². The number of benzene rings is 1. The van der Waals surface area contributed by atoms with E-state index in [-0.39, 0.29) is 5.91 Å². The van der Waals surface area contributed by atoms with Crippen LogP contribution in [-0.2, 0) is 11.4 Å². The number of aryl methyl sites for hydroxylation is 2. The quantitative estimate of drug-likeness (QED) is 0.706. The minimum absolute atomic E-state index is 0.0491. The van der Waals surface area contributed by atoms with Crippen LogP contribution < -0.4 is 9.47 Å². The zero-order valence-corrected chi connectivity index (χ0v) is 16.7. The van der Waals surface area contributed by atoms with Crippen LogP contribution >= 0.6 is 11.8 Å². The van der Waals surface area contributed by atoms with Gasteiger partial charge in [0, 0.05) is 30.7 Å². The molecule has 6 nitrogen and oxygen atoms in total. The molecule has 0 unspecified atom stereocenters. The number of rotatable bonds is 6. The van der Waals surface area contributed by atoms with Crippen LogP contribution in [-0.4, -0.2) is 47.7 Å². The molecule has 1 amide bonds. The molecule has 0 aliphatic carbocycles. The number of hydrogen-bond acceptors (Lipinski definition) is 6. The van der Waals surface area contributed by atoms with Gasteiger partial charge in [0.15, 0.2) is 11.5 Å². The van der Waals surface area contributed by atoms with Crippen molar-refractivity contribution in [2.24, 2.45) is 0 Å². The van der Waals surface area contributed by atoms with Gasteiger partial charge in [-0.25, -0.2) is 0 Å². The highest BCUT2D eigenvalue weighted by Gasteiger charge is 2.14. The second-order valence-corrected chi connectivity index (χ2v) is 7.50. The number of hydrogen-bond donors (Lipinski definition) is 0. The van der Waals surface area contributed by atoms with Crippen molar-refractivity contribution in [3.05, 3.63) is 46.9 Å². The summed E-state index contributed by atoms with van der Waals surface area (Å²) in [7, 11) is 1.60. The number of ether oxygens (including phenoxy) is 2. The molecule has 7 heteroatoms. The number of carbonyl (C=O) groups is 1. The van der Waals surface area contributed by atoms with Crippen molar-refractivity contribution < 1.29 is 18.8 Å². The van der Waals surface area contributed by atoms with Crippen LogP contribution in [0.4, 0.5) is 0 Å². The zero-order valence-electron chi connectivity index (χ0n) is 15.9. The summed E-state index contributed by atoms with van der Waals surface area (Å²) in [5, 5.41) is 3.93. The SMILES string of the molecule is COc1cc(/C=C/C(=O)N2CCSCC2)ccc1OCc1c(C)noc1C. The highest BCUT2D eigenvalue weighted by atomic mass is 32.2. The first-order chi connectivity index (χ1) is 13.1. The summed E-state index contributed by atoms with van der Waals surface area (Å²) >= 11 is 1.88. The summed E-state index contributed by atoms with van der Waals surface area (Å²) in [5.41, 5.74) is 2.64. The number of thioether (sulfide) groups is 1. The molecule has 1 fully saturated rings. The normalized spacial score (nSPS) is 14.6. The van der Waals surface area contributed by atoms with Crippen molar-refractivity contribution in [3.63, 3.8) is 0 Å². The summed E-state index contributed by atoms with van der Waals surface area (Å²) in [4.78, 5) is 14.1. The van der Waals surface area contributed by atoms with Crippen molar-refractivity contribution in [1.29, 1.82) is 0 Å². The van der Waals surface area contributed by atoms with Gasteiger partial charge in [-0.3, -0.25) is 4.79 Å². The number of carbonyl (C=O) groups excluding carboxylic acids is 1. The summed E-state index contributed by atoms with van der Waals surface area (Å²) in [6.45, 7) is 5.73. The molecule has 0 N–H and O–H groups in total. The average Bonchev–Trinajstić information content (AvgIpc) is 3.03. The third-order valence-corrected chi connectivity index (χ3v) is 5.42. The summed E-state index contributed by atoms with van der Waals surface area (Å²) in [6.07, 6.45) is 3.43. The molecule has 2 aromatic rings. The van der Waals surface area contributed by atoms with E-state index in [1.807, 2.05) is 54.8 Å². The lowest BCUT2D eigenvalue weighted by Gasteiger charge is -2.25. The van der Waals surface area contributed by atoms with E-state index >= 15 is 0 Å². The Morgan fingerprint density at radius 1 is 1.30 bits per heavy atom. The monoisotopic (exact) mass is 388 g/mol. The Kier molecular flexibility index (Phi) is 6.45. The largest absolute Gasteiger partial charge is 0.493 e. The molecule has 0 atom stereocenters. The topological polar surface area (TPSA) is 64.8 Å². The fourth-order valence-electron chi connectivity index (χ4n) is 2.82. The van der Waals surface area contributed by atoms with Gasteiger partial charge in [-0.15, -0.1) is 0 Å². The van der Waals surface area contributed by atoms with E-state index in [9.17, 15) is 4.79 Å². The molecule has 144 valence electrons. The number of methoxy groups -OCH3 is 1. The maximum atomic E-state index is 12.2. The molecule has 1 saturated heterocycles. The number of amides is 1. The predicted octanol–water partition coefficient (Wildman–Crippen LogP) is 3.47. The lowest BCUT2D eigenvalue weighted by molar-refractivity contribution is -0.125. The maximum Gasteiger partial charge on any atom is 0.246 e. The fourth-order valence-corrected chi connectivity index (χ4v) is 3.72. The second-order valence-electron chi connectivity index (χ2n) is 6.27. The fraction of sp³-hybridized carbons (Fsp3) is 0.400. The molecule has 27 heavy (non-hydrogen) atoms. The molecule has 1 aromatic heterocycles. The van der Waals surface area contributed by atoms with E-state index in [4.69, 9.17) is 14.0 Å². The minimum Gasteiger partial charge on any atom is -0.493 e. The average molecular weight is 388 g/mol. The second kappa shape index (κ2) is 8.99. The molecule has 1 aliphatic rings. The van der Waals surface area contributed by atoms with Crippen LogP contribution in [0.2, 0.25) is 0 Å². The maximum absolute atomic E-state index is 12.2. The minimum atomic E-state index is 0.0491. The van der Waals surface area contributed by atoms with Crippen LogP contribution in [0.25, 0.3) is 6.08 Å². The molecule has 0 bridgehead atoms. The Morgan fingerprint density at radius 2 is 2.07 bits per heavy atom. The highest BCUT2D eigenvalue weighted by Crippen LogP contribution is 2.30. The lowest BCUT2D eigenvalue weighted by atomic mass is 10.1. The van der Waals surface area contributed by atoms with E-state index in [2.05, 4.69) is 5.16 Å². The molecule has 1 aliphatic heterocycles. The van der Waals surface area contributed by atoms with Gasteiger partial charge in [0.25, 0.3) is 0 Å². The van der Waals surface area contributed by atoms with Crippen LogP contribution in [0.1, 0.15) is 22.6 Å². The van der Waals surface area contributed by atoms with E-state index in [0.717, 1.165) is 47.2 Å². The smallest absolute Gasteiger partial charge is 0.246 e. The molecule has 0 spiro atoms. The van der Waals surface area contributed by atoms with Crippen molar-refractivity contribution in [3.8, 4) is 11.5 Å². The molecule has 1 aromatic carbocycles. The van der Waals surface area contributed by atoms with Crippen molar-refractivity contribution >= 4 is 23.7 Å². The number of nitrogens with zero attached hydrogens (tertiary/aromatic N) is 2. The first kappa shape index (κ1) is 19.4. The molecular formula is C20H24N2O4S. The van der Waals surface area contributed by atoms with Crippen LogP contribution in [0.15, 0.2) is 28.8 Å². The van der Waals surface area contributed by atoms with Gasteiger partial charge >= 0.3 is 0 Å². The van der Waals surface area contributed by atoms with Crippen LogP contribution in [0.5, 0.6) is 11.5 Å². The Balaban J connectivity index is 1.66. The Bertz CT molecular complexity index is 806. The van der Waals surface area contributed by atoms with Gasteiger partial charge in [-0.2, -0.15) is 11.8 Å². The molecular weight excluding hydrogens is 364 g/mol. The third kappa shape index (κ3) is 4.86. The van der Waals surface area contributed by atoms with Crippen molar-refractivity contribution in [2.45, 2.75) is 20.5 Å². The first-order valence-corrected chi connectivity index (χ1v) is 10.0. The summed E-state index contributed by atoms with van der Waals surface area (Å²) in [5.74, 6) is 4.06. The van der Waals surface area contributed by atoms with E-state index < -0.39 is 0 Å². The third-order valence-electron chi connectivity index (χ3n) is 4.48. The van der Waals surface area contributed by atoms with Gasteiger partial charge in [0.1, 0.15) is 12.4 Å². The van der Waals surface area contributed by atoms with E-state index in [1.165, 1.54) is 0 Å². The Labute approximate surface area is 163 Å². The van der Waals surface area contributed by atoms with Gasteiger partial charge in [0.05, 0.1) is 18.4 Å².